The molecule has 2 rings (SSSR count). The molecule has 1 heterocycles. The molecule has 0 aromatic carbocycles. The maximum absolute atomic E-state index is 12.8. The van der Waals surface area contributed by atoms with Gasteiger partial charge in [0.15, 0.2) is 0 Å². The Labute approximate surface area is 144 Å². The van der Waals surface area contributed by atoms with Crippen molar-refractivity contribution in [1.29, 1.82) is 0 Å². The maximum atomic E-state index is 12.8. The quantitative estimate of drug-likeness (QED) is 0.798. The first-order valence-corrected chi connectivity index (χ1v) is 9.27. The van der Waals surface area contributed by atoms with Gasteiger partial charge in [-0.2, -0.15) is 0 Å². The zero-order chi connectivity index (χ0) is 17.5. The van der Waals surface area contributed by atoms with Gasteiger partial charge >= 0.3 is 5.97 Å². The molecular formula is C18H30N2O4. The molecule has 1 aliphatic heterocycles. The largest absolute Gasteiger partial charge is 0.480 e. The Balaban J connectivity index is 1.94. The van der Waals surface area contributed by atoms with Gasteiger partial charge in [0, 0.05) is 32.0 Å². The first-order valence-electron chi connectivity index (χ1n) is 9.27. The van der Waals surface area contributed by atoms with Crippen molar-refractivity contribution < 1.29 is 19.5 Å². The van der Waals surface area contributed by atoms with Crippen molar-refractivity contribution in [3.63, 3.8) is 0 Å². The van der Waals surface area contributed by atoms with Crippen LogP contribution in [0.1, 0.15) is 64.7 Å². The number of carbonyl (C=O) groups excluding carboxylic acids is 2. The monoisotopic (exact) mass is 338 g/mol. The van der Waals surface area contributed by atoms with E-state index >= 15 is 0 Å². The lowest BCUT2D eigenvalue weighted by Crippen LogP contribution is -2.43. The van der Waals surface area contributed by atoms with Gasteiger partial charge in [0.1, 0.15) is 6.54 Å². The van der Waals surface area contributed by atoms with Gasteiger partial charge in [-0.3, -0.25) is 14.4 Å². The summed E-state index contributed by atoms with van der Waals surface area (Å²) >= 11 is 0. The lowest BCUT2D eigenvalue weighted by atomic mass is 9.98. The third-order valence-corrected chi connectivity index (χ3v) is 5.36. The van der Waals surface area contributed by atoms with E-state index in [0.29, 0.717) is 13.0 Å². The van der Waals surface area contributed by atoms with E-state index in [1.165, 1.54) is 24.7 Å². The second-order valence-corrected chi connectivity index (χ2v) is 7.14. The van der Waals surface area contributed by atoms with Crippen LogP contribution in [0.15, 0.2) is 0 Å². The Hall–Kier alpha value is -1.59. The molecular weight excluding hydrogens is 308 g/mol. The summed E-state index contributed by atoms with van der Waals surface area (Å²) in [5.41, 5.74) is 0. The molecule has 1 atom stereocenters. The summed E-state index contributed by atoms with van der Waals surface area (Å²) in [6, 6.07) is -0.0782. The van der Waals surface area contributed by atoms with Crippen molar-refractivity contribution >= 4 is 17.8 Å². The normalized spacial score (nSPS) is 23.2. The van der Waals surface area contributed by atoms with Gasteiger partial charge in [-0.25, -0.2) is 0 Å². The molecule has 2 fully saturated rings. The molecule has 0 spiro atoms. The Morgan fingerprint density at radius 2 is 1.62 bits per heavy atom. The summed E-state index contributed by atoms with van der Waals surface area (Å²) in [5, 5.41) is 9.01. The summed E-state index contributed by atoms with van der Waals surface area (Å²) in [6.45, 7) is 2.52. The lowest BCUT2D eigenvalue weighted by molar-refractivity contribution is -0.145. The average Bonchev–Trinajstić information content (AvgIpc) is 2.94. The van der Waals surface area contributed by atoms with Crippen LogP contribution in [0.2, 0.25) is 0 Å². The van der Waals surface area contributed by atoms with E-state index in [1.54, 1.807) is 0 Å². The van der Waals surface area contributed by atoms with Crippen molar-refractivity contribution in [2.24, 2.45) is 5.92 Å². The molecule has 1 N–H and O–H groups in total. The number of carbonyl (C=O) groups is 3. The van der Waals surface area contributed by atoms with Gasteiger partial charge in [-0.15, -0.1) is 0 Å². The third kappa shape index (κ3) is 5.21. The molecule has 1 saturated heterocycles. The SMILES string of the molecule is CC(=O)N(CC(=O)O)C1CCCN(C(=O)C2CCCCCC2)CC1. The summed E-state index contributed by atoms with van der Waals surface area (Å²) in [5.74, 6) is -0.760. The van der Waals surface area contributed by atoms with Gasteiger partial charge in [0.05, 0.1) is 0 Å². The van der Waals surface area contributed by atoms with Crippen LogP contribution in [0.5, 0.6) is 0 Å². The van der Waals surface area contributed by atoms with E-state index in [1.807, 2.05) is 4.90 Å². The highest BCUT2D eigenvalue weighted by Crippen LogP contribution is 2.26. The first kappa shape index (κ1) is 18.7. The molecule has 1 saturated carbocycles. The summed E-state index contributed by atoms with van der Waals surface area (Å²) in [6.07, 6.45) is 9.00. The van der Waals surface area contributed by atoms with Crippen LogP contribution in [0.4, 0.5) is 0 Å². The van der Waals surface area contributed by atoms with E-state index in [9.17, 15) is 14.4 Å². The number of carboxylic acids is 1. The lowest BCUT2D eigenvalue weighted by Gasteiger charge is -2.29. The van der Waals surface area contributed by atoms with E-state index < -0.39 is 5.97 Å². The standard InChI is InChI=1S/C18H30N2O4/c1-14(21)20(13-17(22)23)16-9-6-11-19(12-10-16)18(24)15-7-4-2-3-5-8-15/h15-16H,2-13H2,1H3,(H,22,23). The Kier molecular flexibility index (Phi) is 7.06. The zero-order valence-corrected chi connectivity index (χ0v) is 14.7. The van der Waals surface area contributed by atoms with Gasteiger partial charge in [0.2, 0.25) is 11.8 Å². The average molecular weight is 338 g/mol. The number of hydrogen-bond acceptors (Lipinski definition) is 3. The fourth-order valence-electron chi connectivity index (χ4n) is 4.04. The number of rotatable bonds is 4. The van der Waals surface area contributed by atoms with Crippen molar-refractivity contribution in [1.82, 2.24) is 9.80 Å². The number of nitrogens with zero attached hydrogens (tertiary/aromatic N) is 2. The van der Waals surface area contributed by atoms with Gasteiger partial charge in [-0.05, 0) is 32.1 Å². The fourth-order valence-corrected chi connectivity index (χ4v) is 4.04. The van der Waals surface area contributed by atoms with Gasteiger partial charge in [0.25, 0.3) is 0 Å². The van der Waals surface area contributed by atoms with Crippen molar-refractivity contribution in [2.45, 2.75) is 70.8 Å². The molecule has 136 valence electrons. The number of likely N-dealkylation sites (tertiary alicyclic amines) is 1. The molecule has 0 aromatic heterocycles. The summed E-state index contributed by atoms with van der Waals surface area (Å²) < 4.78 is 0. The van der Waals surface area contributed by atoms with Gasteiger partial charge in [-0.1, -0.05) is 25.7 Å². The van der Waals surface area contributed by atoms with Gasteiger partial charge < -0.3 is 14.9 Å². The Morgan fingerprint density at radius 1 is 0.958 bits per heavy atom. The molecule has 6 nitrogen and oxygen atoms in total. The van der Waals surface area contributed by atoms with Crippen LogP contribution in [0.3, 0.4) is 0 Å². The highest BCUT2D eigenvalue weighted by atomic mass is 16.4. The minimum Gasteiger partial charge on any atom is -0.480 e. The molecule has 2 amide bonds. The first-order chi connectivity index (χ1) is 11.5. The molecule has 2 aliphatic rings. The number of carboxylic acid groups (broad SMARTS) is 1. The molecule has 24 heavy (non-hydrogen) atoms. The molecule has 0 radical (unpaired) electrons. The van der Waals surface area contributed by atoms with Crippen LogP contribution in [0.25, 0.3) is 0 Å². The van der Waals surface area contributed by atoms with Crippen LogP contribution in [-0.4, -0.2) is 58.4 Å². The highest BCUT2D eigenvalue weighted by molar-refractivity contribution is 5.80. The summed E-state index contributed by atoms with van der Waals surface area (Å²) in [7, 11) is 0. The minimum atomic E-state index is -0.985. The maximum Gasteiger partial charge on any atom is 0.323 e. The van der Waals surface area contributed by atoms with E-state index in [0.717, 1.165) is 45.1 Å². The predicted molar refractivity (Wildman–Crippen MR) is 90.4 cm³/mol. The van der Waals surface area contributed by atoms with E-state index in [4.69, 9.17) is 5.11 Å². The number of aliphatic carboxylic acids is 1. The second kappa shape index (κ2) is 9.04. The molecule has 6 heteroatoms. The van der Waals surface area contributed by atoms with Crippen LogP contribution >= 0.6 is 0 Å². The van der Waals surface area contributed by atoms with Crippen LogP contribution in [-0.2, 0) is 14.4 Å². The van der Waals surface area contributed by atoms with Crippen molar-refractivity contribution in [3.8, 4) is 0 Å². The smallest absolute Gasteiger partial charge is 0.323 e. The highest BCUT2D eigenvalue weighted by Gasteiger charge is 2.30. The zero-order valence-electron chi connectivity index (χ0n) is 14.7. The number of amides is 2. The Morgan fingerprint density at radius 3 is 2.21 bits per heavy atom. The number of hydrogen-bond donors (Lipinski definition) is 1. The second-order valence-electron chi connectivity index (χ2n) is 7.14. The minimum absolute atomic E-state index is 0.0782. The van der Waals surface area contributed by atoms with E-state index in [2.05, 4.69) is 0 Å². The summed E-state index contributed by atoms with van der Waals surface area (Å²) in [4.78, 5) is 39.0. The molecule has 0 bridgehead atoms. The van der Waals surface area contributed by atoms with Crippen molar-refractivity contribution in [3.05, 3.63) is 0 Å². The molecule has 0 aromatic rings. The molecule has 1 aliphatic carbocycles. The topological polar surface area (TPSA) is 77.9 Å². The third-order valence-electron chi connectivity index (χ3n) is 5.36. The van der Waals surface area contributed by atoms with Crippen LogP contribution in [0, 0.1) is 5.92 Å². The van der Waals surface area contributed by atoms with E-state index in [-0.39, 0.29) is 30.3 Å². The Bertz CT molecular complexity index is 458. The van der Waals surface area contributed by atoms with Crippen molar-refractivity contribution in [2.75, 3.05) is 19.6 Å². The van der Waals surface area contributed by atoms with Crippen LogP contribution < -0.4 is 0 Å². The molecule has 1 unspecified atom stereocenters. The predicted octanol–water partition coefficient (Wildman–Crippen LogP) is 2.27. The fraction of sp³-hybridized carbons (Fsp3) is 0.833.